The molecule has 0 saturated carbocycles. The molecule has 0 spiro atoms. The van der Waals surface area contributed by atoms with Gasteiger partial charge in [0.25, 0.3) is 0 Å². The average Bonchev–Trinajstić information content (AvgIpc) is 2.96. The van der Waals surface area contributed by atoms with Crippen LogP contribution in [0.25, 0.3) is 5.69 Å². The van der Waals surface area contributed by atoms with Gasteiger partial charge in [-0.2, -0.15) is 5.10 Å². The second kappa shape index (κ2) is 6.57. The van der Waals surface area contributed by atoms with Crippen LogP contribution >= 0.6 is 0 Å². The molecular formula is C17H16FN3O3. The fourth-order valence-corrected chi connectivity index (χ4v) is 2.48. The van der Waals surface area contributed by atoms with Crippen molar-refractivity contribution >= 4 is 0 Å². The lowest BCUT2D eigenvalue weighted by Crippen LogP contribution is -2.17. The van der Waals surface area contributed by atoms with Gasteiger partial charge < -0.3 is 9.47 Å². The van der Waals surface area contributed by atoms with E-state index in [1.54, 1.807) is 20.3 Å². The molecule has 1 aromatic heterocycles. The summed E-state index contributed by atoms with van der Waals surface area (Å²) in [4.78, 5) is 12.0. The highest BCUT2D eigenvalue weighted by molar-refractivity contribution is 5.44. The van der Waals surface area contributed by atoms with Crippen LogP contribution in [0.5, 0.6) is 11.5 Å². The maximum absolute atomic E-state index is 13.1. The summed E-state index contributed by atoms with van der Waals surface area (Å²) < 4.78 is 25.0. The maximum Gasteiger partial charge on any atom is 0.347 e. The maximum atomic E-state index is 13.1. The van der Waals surface area contributed by atoms with E-state index in [1.807, 2.05) is 12.1 Å². The van der Waals surface area contributed by atoms with Crippen molar-refractivity contribution in [1.29, 1.82) is 0 Å². The van der Waals surface area contributed by atoms with Crippen LogP contribution < -0.4 is 15.2 Å². The first kappa shape index (κ1) is 15.8. The van der Waals surface area contributed by atoms with Crippen LogP contribution in [0.1, 0.15) is 11.4 Å². The van der Waals surface area contributed by atoms with E-state index < -0.39 is 0 Å². The van der Waals surface area contributed by atoms with Gasteiger partial charge in [0.2, 0.25) is 0 Å². The second-order valence-corrected chi connectivity index (χ2v) is 5.12. The number of benzene rings is 2. The molecule has 6 nitrogen and oxygen atoms in total. The van der Waals surface area contributed by atoms with Gasteiger partial charge in [-0.25, -0.2) is 18.9 Å². The molecule has 3 aromatic rings. The van der Waals surface area contributed by atoms with Crippen LogP contribution in [-0.2, 0) is 6.42 Å². The number of hydrogen-bond donors (Lipinski definition) is 1. The van der Waals surface area contributed by atoms with E-state index in [0.29, 0.717) is 29.4 Å². The highest BCUT2D eigenvalue weighted by atomic mass is 19.1. The number of H-pyrrole nitrogens is 1. The second-order valence-electron chi connectivity index (χ2n) is 5.12. The molecule has 24 heavy (non-hydrogen) atoms. The molecule has 3 rings (SSSR count). The number of nitrogens with one attached hydrogen (secondary N) is 1. The Bertz CT molecular complexity index is 900. The van der Waals surface area contributed by atoms with Crippen molar-refractivity contribution < 1.29 is 13.9 Å². The summed E-state index contributed by atoms with van der Waals surface area (Å²) in [5.41, 5.74) is 1.07. The summed E-state index contributed by atoms with van der Waals surface area (Å²) in [6.07, 6.45) is 0.399. The van der Waals surface area contributed by atoms with Gasteiger partial charge in [-0.1, -0.05) is 6.07 Å². The van der Waals surface area contributed by atoms with E-state index >= 15 is 0 Å². The predicted octanol–water partition coefficient (Wildman–Crippen LogP) is 2.31. The summed E-state index contributed by atoms with van der Waals surface area (Å²) in [6.45, 7) is 0. The van der Waals surface area contributed by atoms with Crippen molar-refractivity contribution in [3.8, 4) is 17.2 Å². The number of ether oxygens (including phenoxy) is 2. The first-order valence-corrected chi connectivity index (χ1v) is 7.25. The first-order valence-electron chi connectivity index (χ1n) is 7.25. The molecule has 0 unspecified atom stereocenters. The van der Waals surface area contributed by atoms with Crippen molar-refractivity contribution in [2.45, 2.75) is 6.42 Å². The molecule has 0 fully saturated rings. The third kappa shape index (κ3) is 3.01. The SMILES string of the molecule is COc1ccc(Cc2n[nH]c(=O)n2-c2ccc(F)cc2)cc1OC. The Labute approximate surface area is 137 Å². The summed E-state index contributed by atoms with van der Waals surface area (Å²) in [7, 11) is 3.13. The normalized spacial score (nSPS) is 10.6. The lowest BCUT2D eigenvalue weighted by molar-refractivity contribution is 0.354. The van der Waals surface area contributed by atoms with Gasteiger partial charge in [0.15, 0.2) is 11.5 Å². The van der Waals surface area contributed by atoms with Gasteiger partial charge in [-0.15, -0.1) is 0 Å². The number of rotatable bonds is 5. The van der Waals surface area contributed by atoms with Crippen molar-refractivity contribution in [2.24, 2.45) is 0 Å². The fraction of sp³-hybridized carbons (Fsp3) is 0.176. The van der Waals surface area contributed by atoms with Gasteiger partial charge in [-0.05, 0) is 42.0 Å². The zero-order chi connectivity index (χ0) is 17.1. The number of nitrogens with zero attached hydrogens (tertiary/aromatic N) is 2. The Hall–Kier alpha value is -3.09. The highest BCUT2D eigenvalue weighted by Gasteiger charge is 2.13. The average molecular weight is 329 g/mol. The van der Waals surface area contributed by atoms with Gasteiger partial charge in [-0.3, -0.25) is 0 Å². The van der Waals surface area contributed by atoms with Crippen LogP contribution in [0.3, 0.4) is 0 Å². The van der Waals surface area contributed by atoms with E-state index in [0.717, 1.165) is 5.56 Å². The molecule has 124 valence electrons. The van der Waals surface area contributed by atoms with Crippen molar-refractivity contribution in [2.75, 3.05) is 14.2 Å². The van der Waals surface area contributed by atoms with Crippen molar-refractivity contribution in [3.63, 3.8) is 0 Å². The zero-order valence-corrected chi connectivity index (χ0v) is 13.2. The quantitative estimate of drug-likeness (QED) is 0.780. The van der Waals surface area contributed by atoms with E-state index in [1.165, 1.54) is 28.8 Å². The third-order valence-corrected chi connectivity index (χ3v) is 3.64. The third-order valence-electron chi connectivity index (χ3n) is 3.64. The van der Waals surface area contributed by atoms with Crippen LogP contribution in [0.4, 0.5) is 4.39 Å². The van der Waals surface area contributed by atoms with Crippen LogP contribution in [0.2, 0.25) is 0 Å². The van der Waals surface area contributed by atoms with Gasteiger partial charge in [0, 0.05) is 6.42 Å². The number of hydrogen-bond acceptors (Lipinski definition) is 4. The molecule has 0 saturated heterocycles. The number of methoxy groups -OCH3 is 2. The first-order chi connectivity index (χ1) is 11.6. The zero-order valence-electron chi connectivity index (χ0n) is 13.2. The lowest BCUT2D eigenvalue weighted by Gasteiger charge is -2.10. The Morgan fingerprint density at radius 1 is 1.08 bits per heavy atom. The number of aromatic nitrogens is 3. The molecule has 0 bridgehead atoms. The largest absolute Gasteiger partial charge is 0.493 e. The standard InChI is InChI=1S/C17H16FN3O3/c1-23-14-8-3-11(9-15(14)24-2)10-16-19-20-17(22)21(16)13-6-4-12(18)5-7-13/h3-9H,10H2,1-2H3,(H,20,22). The topological polar surface area (TPSA) is 69.1 Å². The Balaban J connectivity index is 1.97. The number of halogens is 1. The lowest BCUT2D eigenvalue weighted by atomic mass is 10.1. The molecule has 0 aliphatic rings. The predicted molar refractivity (Wildman–Crippen MR) is 86.5 cm³/mol. The van der Waals surface area contributed by atoms with Gasteiger partial charge in [0.05, 0.1) is 19.9 Å². The minimum Gasteiger partial charge on any atom is -0.493 e. The Morgan fingerprint density at radius 3 is 2.46 bits per heavy atom. The summed E-state index contributed by atoms with van der Waals surface area (Å²) in [5.74, 6) is 1.37. The molecule has 0 radical (unpaired) electrons. The number of aromatic amines is 1. The van der Waals surface area contributed by atoms with E-state index in [-0.39, 0.29) is 11.5 Å². The summed E-state index contributed by atoms with van der Waals surface area (Å²) in [5, 5.41) is 6.50. The Kier molecular flexibility index (Phi) is 4.33. The molecule has 0 amide bonds. The molecule has 2 aromatic carbocycles. The van der Waals surface area contributed by atoms with Crippen molar-refractivity contribution in [1.82, 2.24) is 14.8 Å². The summed E-state index contributed by atoms with van der Waals surface area (Å²) >= 11 is 0. The van der Waals surface area contributed by atoms with E-state index in [2.05, 4.69) is 10.2 Å². The van der Waals surface area contributed by atoms with Crippen LogP contribution in [0, 0.1) is 5.82 Å². The minimum atomic E-state index is -0.378. The van der Waals surface area contributed by atoms with Crippen molar-refractivity contribution in [3.05, 3.63) is 70.2 Å². The minimum absolute atomic E-state index is 0.364. The Morgan fingerprint density at radius 2 is 1.79 bits per heavy atom. The van der Waals surface area contributed by atoms with Gasteiger partial charge in [0.1, 0.15) is 11.6 Å². The summed E-state index contributed by atoms with van der Waals surface area (Å²) in [6, 6.07) is 11.2. The fourth-order valence-electron chi connectivity index (χ4n) is 2.48. The molecule has 7 heteroatoms. The molecule has 1 heterocycles. The van der Waals surface area contributed by atoms with Crippen LogP contribution in [0.15, 0.2) is 47.3 Å². The highest BCUT2D eigenvalue weighted by Crippen LogP contribution is 2.28. The van der Waals surface area contributed by atoms with Crippen LogP contribution in [-0.4, -0.2) is 29.0 Å². The molecule has 1 N–H and O–H groups in total. The monoisotopic (exact) mass is 329 g/mol. The molecular weight excluding hydrogens is 313 g/mol. The van der Waals surface area contributed by atoms with E-state index in [4.69, 9.17) is 9.47 Å². The van der Waals surface area contributed by atoms with E-state index in [9.17, 15) is 9.18 Å². The molecule has 0 aliphatic carbocycles. The molecule has 0 aliphatic heterocycles. The molecule has 0 atom stereocenters. The smallest absolute Gasteiger partial charge is 0.347 e. The van der Waals surface area contributed by atoms with Gasteiger partial charge >= 0.3 is 5.69 Å².